The number of hydrogen-bond donors (Lipinski definition) is 1. The normalized spacial score (nSPS) is 17.1. The molecule has 0 amide bonds. The Balaban J connectivity index is 2.07. The van der Waals surface area contributed by atoms with E-state index in [1.165, 1.54) is 11.8 Å². The highest BCUT2D eigenvalue weighted by molar-refractivity contribution is 5.43. The molecule has 0 spiro atoms. The molecule has 1 fully saturated rings. The monoisotopic (exact) mass is 253 g/mol. The lowest BCUT2D eigenvalue weighted by atomic mass is 10.3. The van der Waals surface area contributed by atoms with Crippen LogP contribution in [-0.2, 0) is 11.3 Å². The molecule has 1 aliphatic heterocycles. The Bertz CT molecular complexity index is 440. The van der Waals surface area contributed by atoms with E-state index in [2.05, 4.69) is 10.00 Å². The molecule has 1 atom stereocenters. The summed E-state index contributed by atoms with van der Waals surface area (Å²) in [5.41, 5.74) is 0.685. The van der Waals surface area contributed by atoms with Crippen LogP contribution in [0.4, 0.5) is 5.69 Å². The summed E-state index contributed by atoms with van der Waals surface area (Å²) in [6.07, 6.45) is 3.30. The lowest BCUT2D eigenvalue weighted by Crippen LogP contribution is -2.31. The molecule has 0 aromatic carbocycles. The van der Waals surface area contributed by atoms with Crippen molar-refractivity contribution in [2.75, 3.05) is 31.7 Å². The van der Waals surface area contributed by atoms with E-state index >= 15 is 0 Å². The van der Waals surface area contributed by atoms with Gasteiger partial charge in [-0.1, -0.05) is 0 Å². The van der Waals surface area contributed by atoms with Crippen molar-refractivity contribution in [3.8, 4) is 0 Å². The highest BCUT2D eigenvalue weighted by Gasteiger charge is 2.14. The van der Waals surface area contributed by atoms with E-state index in [1.54, 1.807) is 12.3 Å². The van der Waals surface area contributed by atoms with Gasteiger partial charge in [-0.3, -0.25) is 4.79 Å². The van der Waals surface area contributed by atoms with Gasteiger partial charge >= 0.3 is 0 Å². The average molecular weight is 253 g/mol. The molecule has 1 aliphatic rings. The largest absolute Gasteiger partial charge is 0.389 e. The minimum atomic E-state index is -0.710. The second kappa shape index (κ2) is 5.97. The predicted molar refractivity (Wildman–Crippen MR) is 67.8 cm³/mol. The molecule has 0 bridgehead atoms. The zero-order valence-corrected chi connectivity index (χ0v) is 10.6. The maximum atomic E-state index is 11.9. The zero-order chi connectivity index (χ0) is 13.0. The van der Waals surface area contributed by atoms with E-state index in [4.69, 9.17) is 4.74 Å². The fourth-order valence-corrected chi connectivity index (χ4v) is 2.15. The van der Waals surface area contributed by atoms with Gasteiger partial charge in [-0.25, -0.2) is 4.68 Å². The van der Waals surface area contributed by atoms with Gasteiger partial charge in [-0.2, -0.15) is 5.10 Å². The fourth-order valence-electron chi connectivity index (χ4n) is 2.15. The van der Waals surface area contributed by atoms with Crippen LogP contribution in [0.25, 0.3) is 0 Å². The molecule has 18 heavy (non-hydrogen) atoms. The Labute approximate surface area is 106 Å². The first-order valence-corrected chi connectivity index (χ1v) is 6.20. The van der Waals surface area contributed by atoms with E-state index in [9.17, 15) is 9.90 Å². The lowest BCUT2D eigenvalue weighted by molar-refractivity contribution is 0.0504. The molecule has 0 radical (unpaired) electrons. The zero-order valence-electron chi connectivity index (χ0n) is 10.6. The van der Waals surface area contributed by atoms with Gasteiger partial charge in [0.05, 0.1) is 31.1 Å². The summed E-state index contributed by atoms with van der Waals surface area (Å²) in [6, 6.07) is 1.58. The highest BCUT2D eigenvalue weighted by atomic mass is 16.5. The van der Waals surface area contributed by atoms with Gasteiger partial charge in [0.2, 0.25) is 0 Å². The summed E-state index contributed by atoms with van der Waals surface area (Å²) in [5.74, 6) is 0. The summed E-state index contributed by atoms with van der Waals surface area (Å²) in [6.45, 7) is 2.32. The van der Waals surface area contributed by atoms with Gasteiger partial charge in [-0.05, 0) is 12.8 Å². The molecule has 1 unspecified atom stereocenters. The number of rotatable bonds is 5. The number of nitrogens with zero attached hydrogens (tertiary/aromatic N) is 3. The maximum Gasteiger partial charge on any atom is 0.268 e. The van der Waals surface area contributed by atoms with Crippen molar-refractivity contribution in [2.45, 2.75) is 25.5 Å². The first-order valence-electron chi connectivity index (χ1n) is 6.20. The number of anilines is 1. The first-order chi connectivity index (χ1) is 8.70. The SMILES string of the molecule is COCC(O)Cn1ncc(N2CCCC2)cc1=O. The fraction of sp³-hybridized carbons (Fsp3) is 0.667. The van der Waals surface area contributed by atoms with Crippen LogP contribution in [-0.4, -0.2) is 47.8 Å². The van der Waals surface area contributed by atoms with Crippen LogP contribution in [0.5, 0.6) is 0 Å². The summed E-state index contributed by atoms with van der Waals surface area (Å²) in [5, 5.41) is 13.7. The molecule has 1 aromatic heterocycles. The Morgan fingerprint density at radius 1 is 1.50 bits per heavy atom. The number of aromatic nitrogens is 2. The molecule has 2 heterocycles. The molecule has 1 saturated heterocycles. The average Bonchev–Trinajstić information content (AvgIpc) is 2.85. The van der Waals surface area contributed by atoms with Crippen LogP contribution in [0.15, 0.2) is 17.1 Å². The van der Waals surface area contributed by atoms with Crippen LogP contribution < -0.4 is 10.5 Å². The van der Waals surface area contributed by atoms with Crippen molar-refractivity contribution in [2.24, 2.45) is 0 Å². The standard InChI is InChI=1S/C12H19N3O3/c1-18-9-11(16)8-15-12(17)6-10(7-13-15)14-4-2-3-5-14/h6-7,11,16H,2-5,8-9H2,1H3. The quantitative estimate of drug-likeness (QED) is 0.790. The Kier molecular flexibility index (Phi) is 4.33. The van der Waals surface area contributed by atoms with E-state index < -0.39 is 6.10 Å². The van der Waals surface area contributed by atoms with Gasteiger partial charge in [0, 0.05) is 26.3 Å². The smallest absolute Gasteiger partial charge is 0.268 e. The van der Waals surface area contributed by atoms with Crippen molar-refractivity contribution >= 4 is 5.69 Å². The molecule has 0 saturated carbocycles. The maximum absolute atomic E-state index is 11.9. The third-order valence-electron chi connectivity index (χ3n) is 3.07. The first kappa shape index (κ1) is 13.0. The number of aliphatic hydroxyl groups excluding tert-OH is 1. The van der Waals surface area contributed by atoms with Gasteiger partial charge in [0.25, 0.3) is 5.56 Å². The topological polar surface area (TPSA) is 67.6 Å². The van der Waals surface area contributed by atoms with Crippen molar-refractivity contribution in [3.05, 3.63) is 22.6 Å². The van der Waals surface area contributed by atoms with Gasteiger partial charge < -0.3 is 14.7 Å². The number of ether oxygens (including phenoxy) is 1. The molecule has 100 valence electrons. The van der Waals surface area contributed by atoms with Crippen LogP contribution >= 0.6 is 0 Å². The van der Waals surface area contributed by atoms with Crippen LogP contribution in [0, 0.1) is 0 Å². The molecule has 6 heteroatoms. The van der Waals surface area contributed by atoms with Gasteiger partial charge in [0.1, 0.15) is 0 Å². The Morgan fingerprint density at radius 2 is 2.22 bits per heavy atom. The molecule has 2 rings (SSSR count). The molecule has 6 nitrogen and oxygen atoms in total. The number of aliphatic hydroxyl groups is 1. The van der Waals surface area contributed by atoms with Crippen molar-refractivity contribution in [1.82, 2.24) is 9.78 Å². The van der Waals surface area contributed by atoms with Gasteiger partial charge in [-0.15, -0.1) is 0 Å². The number of methoxy groups -OCH3 is 1. The summed E-state index contributed by atoms with van der Waals surface area (Å²) in [7, 11) is 1.51. The lowest BCUT2D eigenvalue weighted by Gasteiger charge is -2.17. The molecule has 1 aromatic rings. The molecule has 1 N–H and O–H groups in total. The van der Waals surface area contributed by atoms with Crippen molar-refractivity contribution in [3.63, 3.8) is 0 Å². The minimum Gasteiger partial charge on any atom is -0.389 e. The minimum absolute atomic E-state index is 0.160. The highest BCUT2D eigenvalue weighted by Crippen LogP contribution is 2.16. The van der Waals surface area contributed by atoms with E-state index in [1.807, 2.05) is 0 Å². The third kappa shape index (κ3) is 3.08. The van der Waals surface area contributed by atoms with E-state index in [0.717, 1.165) is 31.6 Å². The van der Waals surface area contributed by atoms with Crippen molar-refractivity contribution < 1.29 is 9.84 Å². The molecular formula is C12H19N3O3. The van der Waals surface area contributed by atoms with E-state index in [0.29, 0.717) is 0 Å². The van der Waals surface area contributed by atoms with E-state index in [-0.39, 0.29) is 18.7 Å². The Morgan fingerprint density at radius 3 is 2.83 bits per heavy atom. The molecule has 0 aliphatic carbocycles. The molecular weight excluding hydrogens is 234 g/mol. The third-order valence-corrected chi connectivity index (χ3v) is 3.07. The number of hydrogen-bond acceptors (Lipinski definition) is 5. The van der Waals surface area contributed by atoms with Crippen LogP contribution in [0.3, 0.4) is 0 Å². The summed E-state index contributed by atoms with van der Waals surface area (Å²) >= 11 is 0. The summed E-state index contributed by atoms with van der Waals surface area (Å²) in [4.78, 5) is 14.0. The predicted octanol–water partition coefficient (Wildman–Crippen LogP) is -0.149. The van der Waals surface area contributed by atoms with Crippen LogP contribution in [0.2, 0.25) is 0 Å². The second-order valence-corrected chi connectivity index (χ2v) is 4.54. The van der Waals surface area contributed by atoms with Crippen molar-refractivity contribution in [1.29, 1.82) is 0 Å². The van der Waals surface area contributed by atoms with Crippen LogP contribution in [0.1, 0.15) is 12.8 Å². The summed E-state index contributed by atoms with van der Waals surface area (Å²) < 4.78 is 6.09. The Hall–Kier alpha value is -1.40. The van der Waals surface area contributed by atoms with Gasteiger partial charge in [0.15, 0.2) is 0 Å². The second-order valence-electron chi connectivity index (χ2n) is 4.54.